The maximum absolute atomic E-state index is 13.4. The number of halogens is 1. The molecule has 0 aliphatic carbocycles. The van der Waals surface area contributed by atoms with Crippen molar-refractivity contribution < 1.29 is 9.18 Å². The number of hydrogen-bond donors (Lipinski definition) is 0. The van der Waals surface area contributed by atoms with E-state index in [2.05, 4.69) is 22.8 Å². The first-order valence-corrected chi connectivity index (χ1v) is 10.8. The number of piperidine rings is 1. The Hall–Kier alpha value is -2.04. The van der Waals surface area contributed by atoms with Crippen LogP contribution < -0.4 is 0 Å². The van der Waals surface area contributed by atoms with Gasteiger partial charge in [-0.25, -0.2) is 4.39 Å². The molecule has 0 N–H and O–H groups in total. The molecule has 1 heterocycles. The summed E-state index contributed by atoms with van der Waals surface area (Å²) >= 11 is 0. The van der Waals surface area contributed by atoms with E-state index in [0.29, 0.717) is 5.92 Å². The van der Waals surface area contributed by atoms with Crippen LogP contribution in [0.25, 0.3) is 0 Å². The van der Waals surface area contributed by atoms with Crippen LogP contribution in [0.4, 0.5) is 4.39 Å². The van der Waals surface area contributed by atoms with Gasteiger partial charge in [-0.2, -0.15) is 0 Å². The predicted molar refractivity (Wildman–Crippen MR) is 117 cm³/mol. The van der Waals surface area contributed by atoms with E-state index < -0.39 is 0 Å². The molecule has 156 valence electrons. The van der Waals surface area contributed by atoms with E-state index in [1.54, 1.807) is 19.1 Å². The highest BCUT2D eigenvalue weighted by Gasteiger charge is 2.21. The smallest absolute Gasteiger partial charge is 0.159 e. The van der Waals surface area contributed by atoms with Gasteiger partial charge in [-0.3, -0.25) is 9.69 Å². The molecule has 2 aromatic rings. The predicted octanol–water partition coefficient (Wildman–Crippen LogP) is 4.80. The summed E-state index contributed by atoms with van der Waals surface area (Å²) in [6, 6.07) is 15.0. The van der Waals surface area contributed by atoms with Crippen molar-refractivity contribution in [1.82, 2.24) is 9.80 Å². The van der Waals surface area contributed by atoms with Crippen molar-refractivity contribution in [3.8, 4) is 0 Å². The van der Waals surface area contributed by atoms with Gasteiger partial charge in [0.1, 0.15) is 5.82 Å². The largest absolute Gasteiger partial charge is 0.303 e. The van der Waals surface area contributed by atoms with Gasteiger partial charge in [0, 0.05) is 31.7 Å². The van der Waals surface area contributed by atoms with E-state index in [4.69, 9.17) is 0 Å². The molecule has 3 nitrogen and oxygen atoms in total. The fourth-order valence-corrected chi connectivity index (χ4v) is 4.30. The number of carbonyl (C=O) groups excluding carboxylic acids is 1. The summed E-state index contributed by atoms with van der Waals surface area (Å²) in [6.07, 6.45) is 3.39. The summed E-state index contributed by atoms with van der Waals surface area (Å²) in [5.74, 6) is 0.634. The van der Waals surface area contributed by atoms with Gasteiger partial charge in [0.25, 0.3) is 0 Å². The summed E-state index contributed by atoms with van der Waals surface area (Å²) in [5.41, 5.74) is 3.07. The molecule has 0 amide bonds. The Morgan fingerprint density at radius 2 is 1.97 bits per heavy atom. The molecule has 0 spiro atoms. The molecule has 3 rings (SSSR count). The number of ketones is 1. The Kier molecular flexibility index (Phi) is 7.96. The molecular formula is C25H33FN2O. The molecule has 0 unspecified atom stereocenters. The van der Waals surface area contributed by atoms with Crippen LogP contribution in [-0.2, 0) is 13.0 Å². The second kappa shape index (κ2) is 10.7. The number of benzene rings is 2. The lowest BCUT2D eigenvalue weighted by Gasteiger charge is -2.35. The molecule has 0 radical (unpaired) electrons. The van der Waals surface area contributed by atoms with Crippen LogP contribution >= 0.6 is 0 Å². The summed E-state index contributed by atoms with van der Waals surface area (Å²) in [6.45, 7) is 10.0. The minimum atomic E-state index is -0.147. The molecule has 1 atom stereocenters. The quantitative estimate of drug-likeness (QED) is 0.569. The number of rotatable bonds is 9. The monoisotopic (exact) mass is 396 g/mol. The highest BCUT2D eigenvalue weighted by Crippen LogP contribution is 2.20. The average molecular weight is 397 g/mol. The van der Waals surface area contributed by atoms with Gasteiger partial charge >= 0.3 is 0 Å². The lowest BCUT2D eigenvalue weighted by molar-refractivity contribution is 0.101. The van der Waals surface area contributed by atoms with E-state index >= 15 is 0 Å². The van der Waals surface area contributed by atoms with Crippen LogP contribution in [0.1, 0.15) is 48.2 Å². The molecule has 1 saturated heterocycles. The van der Waals surface area contributed by atoms with Crippen molar-refractivity contribution >= 4 is 5.78 Å². The lowest BCUT2D eigenvalue weighted by Crippen LogP contribution is -2.41. The van der Waals surface area contributed by atoms with Crippen LogP contribution in [0.3, 0.4) is 0 Å². The van der Waals surface area contributed by atoms with Gasteiger partial charge in [-0.15, -0.1) is 0 Å². The standard InChI is InChI=1S/C25H33FN2O/c1-3-27(17-22-8-4-10-24(15-22)20(2)29)18-23-9-6-13-28(19-23)14-12-21-7-5-11-25(26)16-21/h4-5,7-8,10-11,15-16,23H,3,6,9,12-14,17-19H2,1-2H3/t23-/m0/s1. The highest BCUT2D eigenvalue weighted by molar-refractivity contribution is 5.94. The molecule has 0 bridgehead atoms. The van der Waals surface area contributed by atoms with Crippen molar-refractivity contribution in [2.24, 2.45) is 5.92 Å². The topological polar surface area (TPSA) is 23.6 Å². The molecule has 2 aromatic carbocycles. The second-order valence-corrected chi connectivity index (χ2v) is 8.27. The van der Waals surface area contributed by atoms with Gasteiger partial charge in [0.15, 0.2) is 5.78 Å². The van der Waals surface area contributed by atoms with E-state index in [0.717, 1.165) is 56.8 Å². The molecule has 1 aliphatic rings. The van der Waals surface area contributed by atoms with Gasteiger partial charge in [-0.1, -0.05) is 37.3 Å². The molecule has 1 fully saturated rings. The maximum Gasteiger partial charge on any atom is 0.159 e. The van der Waals surface area contributed by atoms with Crippen molar-refractivity contribution in [3.05, 3.63) is 71.0 Å². The lowest BCUT2D eigenvalue weighted by atomic mass is 9.96. The first-order chi connectivity index (χ1) is 14.0. The third-order valence-corrected chi connectivity index (χ3v) is 5.91. The van der Waals surface area contributed by atoms with Gasteiger partial charge in [0.05, 0.1) is 0 Å². The van der Waals surface area contributed by atoms with E-state index in [1.165, 1.54) is 24.5 Å². The first-order valence-electron chi connectivity index (χ1n) is 10.8. The third kappa shape index (κ3) is 6.76. The maximum atomic E-state index is 13.4. The normalized spacial score (nSPS) is 17.6. The van der Waals surface area contributed by atoms with Crippen LogP contribution in [0.2, 0.25) is 0 Å². The third-order valence-electron chi connectivity index (χ3n) is 5.91. The van der Waals surface area contributed by atoms with Crippen molar-refractivity contribution in [2.45, 2.75) is 39.7 Å². The van der Waals surface area contributed by atoms with Gasteiger partial charge in [0.2, 0.25) is 0 Å². The second-order valence-electron chi connectivity index (χ2n) is 8.27. The summed E-state index contributed by atoms with van der Waals surface area (Å²) in [4.78, 5) is 16.7. The molecular weight excluding hydrogens is 363 g/mol. The van der Waals surface area contributed by atoms with Crippen LogP contribution in [0.15, 0.2) is 48.5 Å². The summed E-state index contributed by atoms with van der Waals surface area (Å²) in [7, 11) is 0. The molecule has 4 heteroatoms. The highest BCUT2D eigenvalue weighted by atomic mass is 19.1. The number of nitrogens with zero attached hydrogens (tertiary/aromatic N) is 2. The minimum Gasteiger partial charge on any atom is -0.303 e. The zero-order valence-corrected chi connectivity index (χ0v) is 17.7. The molecule has 0 saturated carbocycles. The van der Waals surface area contributed by atoms with E-state index in [-0.39, 0.29) is 11.6 Å². The fraction of sp³-hybridized carbons (Fsp3) is 0.480. The molecule has 1 aliphatic heterocycles. The number of hydrogen-bond acceptors (Lipinski definition) is 3. The van der Waals surface area contributed by atoms with Gasteiger partial charge in [-0.05, 0) is 74.5 Å². The van der Waals surface area contributed by atoms with Crippen molar-refractivity contribution in [2.75, 3.05) is 32.7 Å². The number of Topliss-reactive ketones (excluding diaryl/α,β-unsaturated/α-hetero) is 1. The molecule has 29 heavy (non-hydrogen) atoms. The Morgan fingerprint density at radius 1 is 1.17 bits per heavy atom. The van der Waals surface area contributed by atoms with Crippen LogP contribution in [0.5, 0.6) is 0 Å². The van der Waals surface area contributed by atoms with Crippen LogP contribution in [0, 0.1) is 11.7 Å². The zero-order valence-electron chi connectivity index (χ0n) is 17.7. The van der Waals surface area contributed by atoms with Crippen molar-refractivity contribution in [3.63, 3.8) is 0 Å². The zero-order chi connectivity index (χ0) is 20.6. The first kappa shape index (κ1) is 21.7. The Labute approximate surface area is 174 Å². The van der Waals surface area contributed by atoms with Gasteiger partial charge < -0.3 is 4.90 Å². The van der Waals surface area contributed by atoms with Crippen LogP contribution in [-0.4, -0.2) is 48.3 Å². The number of carbonyl (C=O) groups is 1. The fourth-order valence-electron chi connectivity index (χ4n) is 4.30. The Bertz CT molecular complexity index is 807. The van der Waals surface area contributed by atoms with E-state index in [1.807, 2.05) is 24.3 Å². The SMILES string of the molecule is CCN(Cc1cccc(C(C)=O)c1)C[C@@H]1CCCN(CCc2cccc(F)c2)C1. The average Bonchev–Trinajstić information content (AvgIpc) is 2.72. The van der Waals surface area contributed by atoms with Crippen molar-refractivity contribution in [1.29, 1.82) is 0 Å². The minimum absolute atomic E-state index is 0.121. The Balaban J connectivity index is 1.51. The summed E-state index contributed by atoms with van der Waals surface area (Å²) in [5, 5.41) is 0. The number of likely N-dealkylation sites (tertiary alicyclic amines) is 1. The Morgan fingerprint density at radius 3 is 2.72 bits per heavy atom. The molecule has 0 aromatic heterocycles. The summed E-state index contributed by atoms with van der Waals surface area (Å²) < 4.78 is 13.4. The van der Waals surface area contributed by atoms with E-state index in [9.17, 15) is 9.18 Å².